The molecule has 0 aliphatic carbocycles. The number of amides is 1. The van der Waals surface area contributed by atoms with Crippen LogP contribution in [0.1, 0.15) is 34.4 Å². The molecule has 0 spiro atoms. The molecule has 3 rings (SSSR count). The summed E-state index contributed by atoms with van der Waals surface area (Å²) in [5, 5.41) is 13.2. The monoisotopic (exact) mass is 394 g/mol. The number of likely N-dealkylation sites (tertiary alicyclic amines) is 1. The smallest absolute Gasteiger partial charge is 0.230 e. The first-order valence-electron chi connectivity index (χ1n) is 9.54. The van der Waals surface area contributed by atoms with E-state index < -0.39 is 0 Å². The van der Waals surface area contributed by atoms with Crippen molar-refractivity contribution >= 4 is 17.7 Å². The first-order valence-corrected chi connectivity index (χ1v) is 10.5. The van der Waals surface area contributed by atoms with Gasteiger partial charge < -0.3 is 5.32 Å². The van der Waals surface area contributed by atoms with Gasteiger partial charge in [-0.25, -0.2) is 4.98 Å². The van der Waals surface area contributed by atoms with Crippen LogP contribution in [-0.2, 0) is 11.3 Å². The van der Waals surface area contributed by atoms with E-state index in [1.54, 1.807) is 0 Å². The van der Waals surface area contributed by atoms with Crippen molar-refractivity contribution in [3.63, 3.8) is 0 Å². The molecule has 0 bridgehead atoms. The van der Waals surface area contributed by atoms with Gasteiger partial charge in [0.1, 0.15) is 11.1 Å². The number of benzene rings is 1. The van der Waals surface area contributed by atoms with Gasteiger partial charge in [0.15, 0.2) is 0 Å². The number of hydrogen-bond donors (Lipinski definition) is 1. The van der Waals surface area contributed by atoms with E-state index in [4.69, 9.17) is 0 Å². The Labute approximate surface area is 171 Å². The van der Waals surface area contributed by atoms with Gasteiger partial charge in [-0.3, -0.25) is 9.69 Å². The third-order valence-corrected chi connectivity index (χ3v) is 6.28. The standard InChI is InChI=1S/C22H26N4OS/c1-15-16(2)20(11-23)22(24-17(15)3)28-14-21(27)25-19-9-10-26(13-19)12-18-7-5-4-6-8-18/h4-8,19H,9-10,12-14H2,1-3H3,(H,25,27). The van der Waals surface area contributed by atoms with Crippen molar-refractivity contribution in [1.82, 2.24) is 15.2 Å². The Hall–Kier alpha value is -2.36. The van der Waals surface area contributed by atoms with E-state index in [1.165, 1.54) is 17.3 Å². The Kier molecular flexibility index (Phi) is 6.71. The van der Waals surface area contributed by atoms with Crippen molar-refractivity contribution in [3.8, 4) is 6.07 Å². The highest BCUT2D eigenvalue weighted by molar-refractivity contribution is 8.00. The maximum Gasteiger partial charge on any atom is 0.230 e. The summed E-state index contributed by atoms with van der Waals surface area (Å²) >= 11 is 1.34. The highest BCUT2D eigenvalue weighted by Crippen LogP contribution is 2.26. The van der Waals surface area contributed by atoms with Crippen LogP contribution in [0.5, 0.6) is 0 Å². The van der Waals surface area contributed by atoms with Crippen molar-refractivity contribution in [1.29, 1.82) is 5.26 Å². The van der Waals surface area contributed by atoms with Gasteiger partial charge in [0.25, 0.3) is 0 Å². The summed E-state index contributed by atoms with van der Waals surface area (Å²) in [4.78, 5) is 19.3. The van der Waals surface area contributed by atoms with Crippen molar-refractivity contribution in [2.45, 2.75) is 44.8 Å². The minimum atomic E-state index is -0.00173. The number of thioether (sulfide) groups is 1. The Bertz CT molecular complexity index is 892. The summed E-state index contributed by atoms with van der Waals surface area (Å²) in [6.45, 7) is 8.62. The molecule has 5 nitrogen and oxygen atoms in total. The summed E-state index contributed by atoms with van der Waals surface area (Å²) < 4.78 is 0. The highest BCUT2D eigenvalue weighted by atomic mass is 32.2. The van der Waals surface area contributed by atoms with E-state index in [0.29, 0.717) is 10.6 Å². The fraction of sp³-hybridized carbons (Fsp3) is 0.409. The number of aromatic nitrogens is 1. The maximum absolute atomic E-state index is 12.4. The molecule has 1 fully saturated rings. The van der Waals surface area contributed by atoms with Crippen molar-refractivity contribution < 1.29 is 4.79 Å². The van der Waals surface area contributed by atoms with Crippen LogP contribution in [-0.4, -0.2) is 40.7 Å². The molecule has 1 unspecified atom stereocenters. The molecule has 0 radical (unpaired) electrons. The van der Waals surface area contributed by atoms with Crippen molar-refractivity contribution in [2.24, 2.45) is 0 Å². The normalized spacial score (nSPS) is 16.7. The third kappa shape index (κ3) is 4.92. The van der Waals surface area contributed by atoms with Gasteiger partial charge in [-0.05, 0) is 43.9 Å². The number of carbonyl (C=O) groups excluding carboxylic acids is 1. The molecule has 1 aromatic carbocycles. The zero-order valence-electron chi connectivity index (χ0n) is 16.7. The summed E-state index contributed by atoms with van der Waals surface area (Å²) in [5.74, 6) is 0.275. The number of nitrogens with zero attached hydrogens (tertiary/aromatic N) is 3. The van der Waals surface area contributed by atoms with E-state index in [2.05, 4.69) is 45.5 Å². The lowest BCUT2D eigenvalue weighted by Crippen LogP contribution is -2.38. The van der Waals surface area contributed by atoms with Gasteiger partial charge in [0, 0.05) is 31.4 Å². The molecule has 1 amide bonds. The van der Waals surface area contributed by atoms with Crippen molar-refractivity contribution in [3.05, 3.63) is 58.3 Å². The van der Waals surface area contributed by atoms with Gasteiger partial charge in [0.05, 0.1) is 11.3 Å². The molecular weight excluding hydrogens is 368 g/mol. The topological polar surface area (TPSA) is 69.0 Å². The van der Waals surface area contributed by atoms with Crippen LogP contribution in [0.4, 0.5) is 0 Å². The largest absolute Gasteiger partial charge is 0.351 e. The fourth-order valence-electron chi connectivity index (χ4n) is 3.49. The Morgan fingerprint density at radius 1 is 1.29 bits per heavy atom. The van der Waals surface area contributed by atoms with Crippen LogP contribution in [0, 0.1) is 32.1 Å². The Morgan fingerprint density at radius 3 is 2.75 bits per heavy atom. The molecule has 146 valence electrons. The third-order valence-electron chi connectivity index (χ3n) is 5.30. The summed E-state index contributed by atoms with van der Waals surface area (Å²) in [6, 6.07) is 12.8. The molecule has 1 N–H and O–H groups in total. The van der Waals surface area contributed by atoms with Crippen LogP contribution in [0.25, 0.3) is 0 Å². The van der Waals surface area contributed by atoms with Crippen LogP contribution in [0.2, 0.25) is 0 Å². The SMILES string of the molecule is Cc1nc(SCC(=O)NC2CCN(Cc3ccccc3)C2)c(C#N)c(C)c1C. The molecule has 0 saturated carbocycles. The van der Waals surface area contributed by atoms with Crippen LogP contribution >= 0.6 is 11.8 Å². The van der Waals surface area contributed by atoms with E-state index in [-0.39, 0.29) is 17.7 Å². The zero-order valence-corrected chi connectivity index (χ0v) is 17.5. The number of nitrogens with one attached hydrogen (secondary N) is 1. The lowest BCUT2D eigenvalue weighted by molar-refractivity contribution is -0.119. The molecule has 2 heterocycles. The van der Waals surface area contributed by atoms with Crippen molar-refractivity contribution in [2.75, 3.05) is 18.8 Å². The molecule has 1 aliphatic rings. The van der Waals surface area contributed by atoms with Gasteiger partial charge in [-0.1, -0.05) is 42.1 Å². The average Bonchev–Trinajstić information content (AvgIpc) is 3.12. The van der Waals surface area contributed by atoms with E-state index in [9.17, 15) is 10.1 Å². The minimum Gasteiger partial charge on any atom is -0.351 e. The summed E-state index contributed by atoms with van der Waals surface area (Å²) in [7, 11) is 0. The predicted octanol–water partition coefficient (Wildman–Crippen LogP) is 3.36. The Balaban J connectivity index is 1.51. The molecule has 28 heavy (non-hydrogen) atoms. The van der Waals surface area contributed by atoms with Gasteiger partial charge in [-0.15, -0.1) is 0 Å². The second-order valence-corrected chi connectivity index (χ2v) is 8.27. The lowest BCUT2D eigenvalue weighted by Gasteiger charge is -2.17. The average molecular weight is 395 g/mol. The summed E-state index contributed by atoms with van der Waals surface area (Å²) in [5.41, 5.74) is 4.77. The molecule has 6 heteroatoms. The first-order chi connectivity index (χ1) is 13.5. The fourth-order valence-corrected chi connectivity index (χ4v) is 4.38. The first kappa shape index (κ1) is 20.4. The second kappa shape index (κ2) is 9.22. The number of hydrogen-bond acceptors (Lipinski definition) is 5. The lowest BCUT2D eigenvalue weighted by atomic mass is 10.1. The molecule has 1 aliphatic heterocycles. The van der Waals surface area contributed by atoms with Gasteiger partial charge >= 0.3 is 0 Å². The van der Waals surface area contributed by atoms with Gasteiger partial charge in [-0.2, -0.15) is 5.26 Å². The summed E-state index contributed by atoms with van der Waals surface area (Å²) in [6.07, 6.45) is 0.966. The molecule has 1 atom stereocenters. The quantitative estimate of drug-likeness (QED) is 0.761. The van der Waals surface area contributed by atoms with E-state index in [0.717, 1.165) is 42.9 Å². The predicted molar refractivity (Wildman–Crippen MR) is 112 cm³/mol. The maximum atomic E-state index is 12.4. The van der Waals surface area contributed by atoms with Gasteiger partial charge in [0.2, 0.25) is 5.91 Å². The number of rotatable bonds is 6. The molecule has 2 aromatic rings. The minimum absolute atomic E-state index is 0.00173. The van der Waals surface area contributed by atoms with Crippen LogP contribution in [0.3, 0.4) is 0 Å². The second-order valence-electron chi connectivity index (χ2n) is 7.30. The number of aryl methyl sites for hydroxylation is 1. The van der Waals surface area contributed by atoms with E-state index in [1.807, 2.05) is 26.8 Å². The molecular formula is C22H26N4OS. The molecule has 1 saturated heterocycles. The van der Waals surface area contributed by atoms with Crippen LogP contribution < -0.4 is 5.32 Å². The molecule has 1 aromatic heterocycles. The van der Waals surface area contributed by atoms with Crippen LogP contribution in [0.15, 0.2) is 35.4 Å². The zero-order chi connectivity index (χ0) is 20.1. The number of nitriles is 1. The number of pyridine rings is 1. The highest BCUT2D eigenvalue weighted by Gasteiger charge is 2.24. The van der Waals surface area contributed by atoms with E-state index >= 15 is 0 Å². The Morgan fingerprint density at radius 2 is 2.04 bits per heavy atom. The number of carbonyl (C=O) groups is 1.